The first-order chi connectivity index (χ1) is 67.9. The van der Waals surface area contributed by atoms with E-state index < -0.39 is 337 Å². The number of nitrogens with two attached hydrogens (primary N) is 4. The van der Waals surface area contributed by atoms with Crippen LogP contribution in [0.5, 0.6) is 0 Å². The lowest BCUT2D eigenvalue weighted by Crippen LogP contribution is -2.45. The molecular formula is C81H132F3N31O26S4. The number of aliphatic imine (C=N–C) groups is 16. The zero-order valence-corrected chi connectivity index (χ0v) is 83.0. The van der Waals surface area contributed by atoms with Crippen molar-refractivity contribution in [1.29, 1.82) is 32.5 Å². The largest absolute Gasteiger partial charge is 0.497 e. The van der Waals surface area contributed by atoms with Gasteiger partial charge in [0, 0.05) is 80.2 Å². The highest BCUT2D eigenvalue weighted by Gasteiger charge is 2.41. The molecule has 19 atom stereocenters. The molecule has 0 spiro atoms. The predicted molar refractivity (Wildman–Crippen MR) is 551 cm³/mol. The van der Waals surface area contributed by atoms with E-state index in [2.05, 4.69) is 100 Å². The number of nitrogens with one attached hydrogen (secondary N) is 9. The summed E-state index contributed by atoms with van der Waals surface area (Å²) in [6.07, 6.45) is -9.78. The van der Waals surface area contributed by atoms with Crippen LogP contribution in [0.25, 0.3) is 0 Å². The molecule has 64 heteroatoms. The Balaban J connectivity index is 0.00000742. The van der Waals surface area contributed by atoms with Gasteiger partial charge in [0.05, 0.1) is 24.9 Å². The zero-order chi connectivity index (χ0) is 109. The van der Waals surface area contributed by atoms with E-state index in [4.69, 9.17) is 65.3 Å². The van der Waals surface area contributed by atoms with Crippen LogP contribution in [0.1, 0.15) is 156 Å². The maximum Gasteiger partial charge on any atom is 0.490 e. The monoisotopic (exact) mass is 2140 g/mol. The van der Waals surface area contributed by atoms with Gasteiger partial charge in [-0.1, -0.05) is 57.0 Å². The van der Waals surface area contributed by atoms with Crippen LogP contribution in [-0.2, 0) is 20.8 Å². The summed E-state index contributed by atoms with van der Waals surface area (Å²) in [7, 11) is 3.12. The van der Waals surface area contributed by atoms with Gasteiger partial charge in [0.2, 0.25) is 100 Å². The van der Waals surface area contributed by atoms with Crippen molar-refractivity contribution >= 4 is 191 Å². The van der Waals surface area contributed by atoms with Crippen LogP contribution in [0.15, 0.2) is 92.4 Å². The summed E-state index contributed by atoms with van der Waals surface area (Å²) < 4.78 is 31.7. The first-order valence-corrected chi connectivity index (χ1v) is 49.8. The molecule has 3 aliphatic heterocycles. The van der Waals surface area contributed by atoms with Gasteiger partial charge in [0.25, 0.3) is 0 Å². The number of amides is 1. The topological polar surface area (TPSA) is 1020 Å². The van der Waals surface area contributed by atoms with Gasteiger partial charge in [-0.25, -0.2) is 89.7 Å². The number of halogens is 3. The van der Waals surface area contributed by atoms with E-state index in [0.717, 1.165) is 33.4 Å². The Morgan fingerprint density at radius 3 is 1.44 bits per heavy atom. The Morgan fingerprint density at radius 1 is 0.517 bits per heavy atom. The molecular weight excluding hydrogens is 2010 g/mol. The van der Waals surface area contributed by atoms with Crippen molar-refractivity contribution in [2.45, 2.75) is 278 Å². The molecule has 4 heterocycles. The summed E-state index contributed by atoms with van der Waals surface area (Å²) in [4.78, 5) is 111. The van der Waals surface area contributed by atoms with Crippen LogP contribution in [0.4, 0.5) is 13.2 Å². The molecule has 0 aliphatic carbocycles. The lowest BCUT2D eigenvalue weighted by Gasteiger charge is -2.26. The molecule has 0 aromatic carbocycles. The number of nitrogens with zero attached hydrogens (tertiary/aromatic N) is 18. The highest BCUT2D eigenvalue weighted by Crippen LogP contribution is 2.30. The molecule has 40 N–H and O–H groups in total. The van der Waals surface area contributed by atoms with Crippen LogP contribution >= 0.6 is 43.2 Å². The fourth-order valence-corrected chi connectivity index (χ4v) is 17.4. The summed E-state index contributed by atoms with van der Waals surface area (Å²) in [5.41, 5.74) is 24.0. The Hall–Kier alpha value is -13.4. The van der Waals surface area contributed by atoms with Crippen molar-refractivity contribution in [2.24, 2.45) is 109 Å². The minimum atomic E-state index is -5.08. The van der Waals surface area contributed by atoms with Crippen molar-refractivity contribution in [3.8, 4) is 0 Å². The van der Waals surface area contributed by atoms with Crippen LogP contribution in [0, 0.1) is 38.4 Å². The van der Waals surface area contributed by atoms with E-state index in [-0.39, 0.29) is 103 Å². The quantitative estimate of drug-likeness (QED) is 0.0160. The number of carboxylic acid groups (broad SMARTS) is 2. The molecule has 1 amide bonds. The van der Waals surface area contributed by atoms with Crippen molar-refractivity contribution in [1.82, 2.24) is 25.5 Å². The Morgan fingerprint density at radius 2 is 0.952 bits per heavy atom. The second kappa shape index (κ2) is 63.7. The van der Waals surface area contributed by atoms with Gasteiger partial charge in [0.1, 0.15) is 96.7 Å². The highest BCUT2D eigenvalue weighted by molar-refractivity contribution is 8.77. The van der Waals surface area contributed by atoms with E-state index in [1.807, 2.05) is 0 Å². The van der Waals surface area contributed by atoms with Crippen molar-refractivity contribution in [2.75, 3.05) is 49.2 Å². The molecule has 1 saturated heterocycles. The number of unbranched alkanes of at least 4 members (excludes halogenated alkanes) is 1. The number of aliphatic carboxylic acids is 2. The van der Waals surface area contributed by atoms with Crippen molar-refractivity contribution in [3.05, 3.63) is 18.2 Å². The molecule has 1 aromatic rings. The Kier molecular flexibility index (Phi) is 55.3. The number of H-pyrrole nitrogens is 1. The molecule has 1 fully saturated rings. The second-order valence-electron chi connectivity index (χ2n) is 33.0. The van der Waals surface area contributed by atoms with Gasteiger partial charge in [-0.05, 0) is 124 Å². The van der Waals surface area contributed by atoms with Crippen molar-refractivity contribution < 1.29 is 145 Å². The first kappa shape index (κ1) is 126. The van der Waals surface area contributed by atoms with Crippen LogP contribution < -0.4 is 33.6 Å². The summed E-state index contributed by atoms with van der Waals surface area (Å²) in [5.74, 6) is -28.9. The fourth-order valence-electron chi connectivity index (χ4n) is 12.9. The maximum absolute atomic E-state index is 14.7. The number of fused-ring (bicyclic) bond motifs is 10. The van der Waals surface area contributed by atoms with Gasteiger partial charge in [-0.2, -0.15) is 13.2 Å². The molecule has 0 saturated carbocycles. The average Bonchev–Trinajstić information content (AvgIpc) is 1.85. The van der Waals surface area contributed by atoms with Gasteiger partial charge in [0.15, 0.2) is 41.6 Å². The van der Waals surface area contributed by atoms with E-state index in [9.17, 15) is 135 Å². The molecule has 2 bridgehead atoms. The number of alkyl halides is 3. The number of hydrogen-bond acceptors (Lipinski definition) is 33. The molecule has 57 nitrogen and oxygen atoms in total. The number of carbonyl (C=O) groups excluding carboxylic acids is 1. The van der Waals surface area contributed by atoms with Crippen LogP contribution in [0.2, 0.25) is 0 Å². The molecule has 3 aliphatic rings. The summed E-state index contributed by atoms with van der Waals surface area (Å²) >= 11 is 0. The Labute approximate surface area is 844 Å². The fraction of sp³-hybridized carbons (Fsp3) is 0.654. The summed E-state index contributed by atoms with van der Waals surface area (Å²) in [6.45, 7) is 7.89. The molecule has 0 radical (unpaired) electrons. The number of aromatic nitrogens is 2. The molecule has 145 heavy (non-hydrogen) atoms. The van der Waals surface area contributed by atoms with E-state index in [0.29, 0.717) is 27.3 Å². The van der Waals surface area contributed by atoms with E-state index in [1.165, 1.54) is 33.3 Å². The average molecular weight is 2140 g/mol. The molecule has 1 aromatic heterocycles. The lowest BCUT2D eigenvalue weighted by molar-refractivity contribution is -0.192. The number of aromatic amines is 1. The number of carbonyl (C=O) groups is 3. The number of imidazole rings is 1. The first-order valence-electron chi connectivity index (χ1n) is 44.9. The minimum absolute atomic E-state index is 0.0122. The maximum atomic E-state index is 14.7. The summed E-state index contributed by atoms with van der Waals surface area (Å²) in [6, 6.07) is -30.9. The molecule has 812 valence electrons. The number of guanidine groups is 2. The van der Waals surface area contributed by atoms with Crippen LogP contribution in [0.3, 0.4) is 0 Å². The van der Waals surface area contributed by atoms with Gasteiger partial charge in [-0.3, -0.25) is 42.0 Å². The van der Waals surface area contributed by atoms with E-state index in [1.54, 1.807) is 13.8 Å². The second-order valence-corrected chi connectivity index (χ2v) is 38.1. The van der Waals surface area contributed by atoms with Gasteiger partial charge >= 0.3 is 18.1 Å². The summed E-state index contributed by atoms with van der Waals surface area (Å²) in [5, 5.41) is 315. The Bertz CT molecular complexity index is 4990. The minimum Gasteiger partial charge on any atom is -0.497 e. The smallest absolute Gasteiger partial charge is 0.490 e. The normalized spacial score (nSPS) is 25.0. The number of carboxylic acids is 2. The number of aliphatic hydroxyl groups excluding tert-OH is 21. The van der Waals surface area contributed by atoms with Crippen LogP contribution in [-0.4, -0.2) is 450 Å². The van der Waals surface area contributed by atoms with Gasteiger partial charge < -0.3 is 161 Å². The zero-order valence-electron chi connectivity index (χ0n) is 79.7. The number of rotatable bonds is 35. The molecule has 0 unspecified atom stereocenters. The molecule has 4 rings (SSSR count). The third kappa shape index (κ3) is 47.4. The third-order valence-corrected chi connectivity index (χ3v) is 25.3. The number of hydrogen-bond donors (Lipinski definition) is 36. The SMILES string of the molecule is CC(C)C[C@@H]1N=C(O)[C@H](C)N=C(O)[C@H]([C@@H](C)O)N=C(O)[C@H](CCC(=O)O)N=C(O)[C@@H]2CCCN2C(=O)[C@H](C)N=C(O)[C@H](CCCCN)N=C(O)[C@@H]2CSSC[C@@H](C(O)=N[C@@H](CCC(=N)O)C(O)=N[C@@H](CCC(=N)O)C(O)=N[C@@H](Cc3cnc[nH]3)C(=N)O)N=C(O)[C@H](CCCNC(=N)N)N=C(O)[C@H](CCCNC(=N)N)N=C(O)[C@H](C)N=C(O)[C@@H](CSSC[C@@H](N)C(O)=N[C@H](CC(=N)O)C(O)=N2)N=C1O.O=C(O)C(F)(F)F. The third-order valence-electron chi connectivity index (χ3n) is 20.5. The lowest BCUT2D eigenvalue weighted by atomic mass is 10.0. The van der Waals surface area contributed by atoms with E-state index >= 15 is 0 Å². The highest BCUT2D eigenvalue weighted by atomic mass is 33.1. The standard InChI is InChI=1S/C79H131N31O24S4.C2HF3O2/c1-35(2)26-49-70(127)107-51-31-136-135-30-41(81)63(120)105-50(28-57(84)114)71(128)108-53(73(130)99-42(12-7-8-22-80)64(121)96-38(5)77(134)110-25-11-15-54(110)75(132)102-47(18-21-58(115)116)69(126)109-59(39(6)111)76(133)95-37(4)62(119)104-49)33-138-137-32-52(106-66(123)44(14-10-24-92-79(88)89)98-65(122)43(13-9-23-91-78(86)87)97-61(118)36(3)94-72(51)129)74(131)101-45(16-19-55(82)112)67(124)100-46(17-20-56(83)113)68(125)103-48(60(85)117)27-40-29-90-34-93-40;3-2(4,5)1(6)7/h29,34-39,41-54,59,111H,7-28,30-33,80-81H2,1-6H3,(H2,82,112)(H2,83,113)(H2,84,114)(H2,85,117)(H,90,93)(H,94,129)(H,95,133)(H,96,121)(H,97,118)(H,98,122)(H,99,130)(H,100,124)(H,101,131)(H,102,132)(H,103,125)(H,104,119)(H,105,120)(H,106,123)(H,107,127)(H,108,128)(H,109,126)(H,115,116)(H4,86,87,91)(H4,88,89,92);(H,6,7)/t36-,37-,38-,39+,41+,42-,43-,44-,45-,46-,47-,48-,49-,50+,51+,52-,53-,54-,59-;/m0./s1. The predicted octanol–water partition coefficient (Wildman–Crippen LogP) is 5.99. The van der Waals surface area contributed by atoms with Crippen molar-refractivity contribution in [3.63, 3.8) is 0 Å². The number of aliphatic hydroxyl groups is 21. The van der Waals surface area contributed by atoms with Gasteiger partial charge in [-0.15, -0.1) is 0 Å².